The van der Waals surface area contributed by atoms with Crippen LogP contribution >= 0.6 is 0 Å². The van der Waals surface area contributed by atoms with Gasteiger partial charge < -0.3 is 15.2 Å². The van der Waals surface area contributed by atoms with Crippen molar-refractivity contribution in [2.24, 2.45) is 7.05 Å². The van der Waals surface area contributed by atoms with Gasteiger partial charge in [-0.05, 0) is 39.3 Å². The van der Waals surface area contributed by atoms with Crippen molar-refractivity contribution in [2.45, 2.75) is 33.8 Å². The van der Waals surface area contributed by atoms with Gasteiger partial charge in [0.1, 0.15) is 11.3 Å². The van der Waals surface area contributed by atoms with Crippen molar-refractivity contribution in [1.82, 2.24) is 9.78 Å². The van der Waals surface area contributed by atoms with E-state index in [1.807, 2.05) is 6.92 Å². The second kappa shape index (κ2) is 6.74. The summed E-state index contributed by atoms with van der Waals surface area (Å²) in [4.78, 5) is 24.4. The largest absolute Gasteiger partial charge is 0.507 e. The Morgan fingerprint density at radius 1 is 1.29 bits per heavy atom. The molecule has 2 aromatic rings. The van der Waals surface area contributed by atoms with E-state index < -0.39 is 18.0 Å². The molecule has 2 rings (SSSR count). The fourth-order valence-electron chi connectivity index (χ4n) is 2.28. The molecule has 0 aliphatic rings. The lowest BCUT2D eigenvalue weighted by atomic mass is 10.1. The fourth-order valence-corrected chi connectivity index (χ4v) is 2.28. The van der Waals surface area contributed by atoms with E-state index in [9.17, 15) is 14.7 Å². The second-order valence-corrected chi connectivity index (χ2v) is 5.68. The molecule has 0 saturated carbocycles. The Bertz CT molecular complexity index is 795. The number of hydrogen-bond acceptors (Lipinski definition) is 5. The number of aromatic nitrogens is 2. The number of rotatable bonds is 4. The quantitative estimate of drug-likeness (QED) is 0.838. The number of esters is 1. The van der Waals surface area contributed by atoms with Crippen LogP contribution in [-0.2, 0) is 16.6 Å². The maximum absolute atomic E-state index is 12.3. The number of phenols is 1. The Morgan fingerprint density at radius 3 is 2.54 bits per heavy atom. The summed E-state index contributed by atoms with van der Waals surface area (Å²) in [6.45, 7) is 6.76. The minimum absolute atomic E-state index is 0.0309. The Balaban J connectivity index is 2.09. The highest BCUT2D eigenvalue weighted by Gasteiger charge is 2.23. The molecule has 0 saturated heterocycles. The lowest BCUT2D eigenvalue weighted by Crippen LogP contribution is -2.30. The van der Waals surface area contributed by atoms with Gasteiger partial charge in [-0.3, -0.25) is 9.48 Å². The van der Waals surface area contributed by atoms with Crippen LogP contribution in [0.2, 0.25) is 0 Å². The van der Waals surface area contributed by atoms with Crippen LogP contribution in [0.4, 0.5) is 5.69 Å². The number of benzene rings is 1. The number of para-hydroxylation sites is 1. The van der Waals surface area contributed by atoms with Gasteiger partial charge in [0.25, 0.3) is 5.91 Å². The summed E-state index contributed by atoms with van der Waals surface area (Å²) in [5, 5.41) is 16.9. The fraction of sp³-hybridized carbons (Fsp3) is 0.353. The first kappa shape index (κ1) is 17.5. The third-order valence-electron chi connectivity index (χ3n) is 3.87. The first-order valence-corrected chi connectivity index (χ1v) is 7.53. The molecule has 128 valence electrons. The number of ether oxygens (including phenoxy) is 1. The molecule has 1 aromatic carbocycles. The highest BCUT2D eigenvalue weighted by Crippen LogP contribution is 2.23. The Kier molecular flexibility index (Phi) is 4.92. The summed E-state index contributed by atoms with van der Waals surface area (Å²) in [6, 6.07) is 4.76. The zero-order valence-electron chi connectivity index (χ0n) is 14.4. The Hall–Kier alpha value is -2.83. The van der Waals surface area contributed by atoms with Crippen LogP contribution in [-0.4, -0.2) is 32.9 Å². The molecule has 7 nitrogen and oxygen atoms in total. The highest BCUT2D eigenvalue weighted by molar-refractivity contribution is 5.99. The van der Waals surface area contributed by atoms with Gasteiger partial charge >= 0.3 is 5.97 Å². The molecule has 2 N–H and O–H groups in total. The third kappa shape index (κ3) is 3.40. The molecule has 24 heavy (non-hydrogen) atoms. The summed E-state index contributed by atoms with van der Waals surface area (Å²) in [5.41, 5.74) is 2.67. The molecular weight excluding hydrogens is 310 g/mol. The molecule has 1 atom stereocenters. The number of aromatic hydroxyl groups is 1. The maximum Gasteiger partial charge on any atom is 0.342 e. The number of nitrogens with zero attached hydrogens (tertiary/aromatic N) is 2. The zero-order valence-corrected chi connectivity index (χ0v) is 14.4. The lowest BCUT2D eigenvalue weighted by Gasteiger charge is -2.14. The summed E-state index contributed by atoms with van der Waals surface area (Å²) in [5.74, 6) is -1.36. The van der Waals surface area contributed by atoms with Crippen molar-refractivity contribution in [3.63, 3.8) is 0 Å². The molecule has 0 aliphatic heterocycles. The molecule has 0 unspecified atom stereocenters. The van der Waals surface area contributed by atoms with E-state index >= 15 is 0 Å². The molecule has 1 aromatic heterocycles. The van der Waals surface area contributed by atoms with Crippen molar-refractivity contribution in [1.29, 1.82) is 0 Å². The van der Waals surface area contributed by atoms with Gasteiger partial charge in [0.2, 0.25) is 0 Å². The van der Waals surface area contributed by atoms with Crippen LogP contribution in [0.3, 0.4) is 0 Å². The molecule has 1 amide bonds. The van der Waals surface area contributed by atoms with Crippen LogP contribution in [0.5, 0.6) is 5.75 Å². The van der Waals surface area contributed by atoms with E-state index in [2.05, 4.69) is 10.4 Å². The average Bonchev–Trinajstić information content (AvgIpc) is 2.76. The molecule has 0 radical (unpaired) electrons. The van der Waals surface area contributed by atoms with Crippen molar-refractivity contribution in [3.05, 3.63) is 40.7 Å². The number of hydrogen-bond donors (Lipinski definition) is 2. The number of amides is 1. The van der Waals surface area contributed by atoms with Gasteiger partial charge in [0.05, 0.1) is 17.1 Å². The monoisotopic (exact) mass is 331 g/mol. The molecule has 7 heteroatoms. The van der Waals surface area contributed by atoms with Crippen LogP contribution in [0.1, 0.15) is 34.2 Å². The number of aryl methyl sites for hydroxylation is 3. The standard InChI is InChI=1S/C17H21N3O4/c1-9-7-6-8-13(15(9)21)17(23)24-12(4)16(22)18-14-10(2)19-20(5)11(14)3/h6-8,12,21H,1-5H3,(H,18,22)/t12-/m1/s1. The number of anilines is 1. The van der Waals surface area contributed by atoms with E-state index in [1.54, 1.807) is 37.7 Å². The van der Waals surface area contributed by atoms with E-state index in [-0.39, 0.29) is 11.3 Å². The summed E-state index contributed by atoms with van der Waals surface area (Å²) in [7, 11) is 1.78. The van der Waals surface area contributed by atoms with Gasteiger partial charge in [-0.15, -0.1) is 0 Å². The van der Waals surface area contributed by atoms with Gasteiger partial charge in [-0.25, -0.2) is 4.79 Å². The summed E-state index contributed by atoms with van der Waals surface area (Å²) in [6.07, 6.45) is -1.02. The van der Waals surface area contributed by atoms with Crippen LogP contribution in [0, 0.1) is 20.8 Å². The lowest BCUT2D eigenvalue weighted by molar-refractivity contribution is -0.123. The van der Waals surface area contributed by atoms with Crippen molar-refractivity contribution < 1.29 is 19.4 Å². The normalized spacial score (nSPS) is 11.9. The van der Waals surface area contributed by atoms with Gasteiger partial charge in [-0.2, -0.15) is 5.10 Å². The van der Waals surface area contributed by atoms with Crippen LogP contribution < -0.4 is 5.32 Å². The first-order chi connectivity index (χ1) is 11.2. The summed E-state index contributed by atoms with van der Waals surface area (Å²) < 4.78 is 6.81. The number of carbonyl (C=O) groups excluding carboxylic acids is 2. The topological polar surface area (TPSA) is 93.5 Å². The molecule has 0 spiro atoms. The molecule has 0 aliphatic carbocycles. The number of carbonyl (C=O) groups is 2. The Morgan fingerprint density at radius 2 is 1.96 bits per heavy atom. The third-order valence-corrected chi connectivity index (χ3v) is 3.87. The smallest absolute Gasteiger partial charge is 0.342 e. The minimum Gasteiger partial charge on any atom is -0.507 e. The second-order valence-electron chi connectivity index (χ2n) is 5.68. The molecule has 0 fully saturated rings. The van der Waals surface area contributed by atoms with Crippen molar-refractivity contribution in [2.75, 3.05) is 5.32 Å². The maximum atomic E-state index is 12.3. The van der Waals surface area contributed by atoms with Crippen molar-refractivity contribution >= 4 is 17.6 Å². The predicted molar refractivity (Wildman–Crippen MR) is 89.0 cm³/mol. The molecule has 0 bridgehead atoms. The van der Waals surface area contributed by atoms with E-state index in [0.717, 1.165) is 5.69 Å². The highest BCUT2D eigenvalue weighted by atomic mass is 16.5. The van der Waals surface area contributed by atoms with E-state index in [0.29, 0.717) is 16.9 Å². The SMILES string of the molecule is Cc1cccc(C(=O)O[C@H](C)C(=O)Nc2c(C)nn(C)c2C)c1O. The minimum atomic E-state index is -1.02. The van der Waals surface area contributed by atoms with E-state index in [1.165, 1.54) is 13.0 Å². The van der Waals surface area contributed by atoms with Gasteiger partial charge in [0.15, 0.2) is 6.10 Å². The van der Waals surface area contributed by atoms with Crippen LogP contribution in [0.15, 0.2) is 18.2 Å². The number of nitrogens with one attached hydrogen (secondary N) is 1. The molecule has 1 heterocycles. The van der Waals surface area contributed by atoms with Crippen LogP contribution in [0.25, 0.3) is 0 Å². The average molecular weight is 331 g/mol. The van der Waals surface area contributed by atoms with E-state index in [4.69, 9.17) is 4.74 Å². The summed E-state index contributed by atoms with van der Waals surface area (Å²) >= 11 is 0. The van der Waals surface area contributed by atoms with Gasteiger partial charge in [-0.1, -0.05) is 12.1 Å². The predicted octanol–water partition coefficient (Wildman–Crippen LogP) is 2.23. The first-order valence-electron chi connectivity index (χ1n) is 7.53. The zero-order chi connectivity index (χ0) is 18.0. The number of phenolic OH excluding ortho intramolecular Hbond substituents is 1. The van der Waals surface area contributed by atoms with Gasteiger partial charge in [0, 0.05) is 7.05 Å². The van der Waals surface area contributed by atoms with Crippen molar-refractivity contribution in [3.8, 4) is 5.75 Å². The Labute approximate surface area is 140 Å². The molecular formula is C17H21N3O4.